The zero-order valence-electron chi connectivity index (χ0n) is 14.8. The van der Waals surface area contributed by atoms with Crippen molar-refractivity contribution in [3.8, 4) is 17.2 Å². The van der Waals surface area contributed by atoms with E-state index in [2.05, 4.69) is 4.72 Å². The van der Waals surface area contributed by atoms with Gasteiger partial charge in [-0.1, -0.05) is 0 Å². The fraction of sp³-hybridized carbons (Fsp3) is 0.333. The quantitative estimate of drug-likeness (QED) is 0.779. The summed E-state index contributed by atoms with van der Waals surface area (Å²) in [6.45, 7) is 3.76. The molecule has 0 radical (unpaired) electrons. The minimum atomic E-state index is -3.63. The molecule has 7 heteroatoms. The van der Waals surface area contributed by atoms with Gasteiger partial charge < -0.3 is 14.2 Å². The molecule has 0 aromatic heterocycles. The largest absolute Gasteiger partial charge is 0.497 e. The number of sulfonamides is 1. The number of benzene rings is 2. The Morgan fingerprint density at radius 3 is 2.20 bits per heavy atom. The third kappa shape index (κ3) is 5.11. The number of ether oxygens (including phenoxy) is 3. The lowest BCUT2D eigenvalue weighted by atomic mass is 10.2. The van der Waals surface area contributed by atoms with Gasteiger partial charge in [-0.3, -0.25) is 0 Å². The van der Waals surface area contributed by atoms with Gasteiger partial charge in [0, 0.05) is 0 Å². The third-order valence-electron chi connectivity index (χ3n) is 3.59. The molecule has 0 spiro atoms. The molecule has 0 heterocycles. The molecule has 6 nitrogen and oxygen atoms in total. The van der Waals surface area contributed by atoms with Gasteiger partial charge in [0.1, 0.15) is 23.9 Å². The monoisotopic (exact) mass is 365 g/mol. The van der Waals surface area contributed by atoms with E-state index in [1.807, 2.05) is 0 Å². The second-order valence-electron chi connectivity index (χ2n) is 5.64. The maximum Gasteiger partial charge on any atom is 0.240 e. The maximum atomic E-state index is 12.5. The number of hydrogen-bond donors (Lipinski definition) is 1. The molecule has 2 rings (SSSR count). The molecule has 1 atom stereocenters. The van der Waals surface area contributed by atoms with Crippen LogP contribution in [0.5, 0.6) is 17.2 Å². The molecule has 0 aliphatic carbocycles. The highest BCUT2D eigenvalue weighted by Gasteiger charge is 2.18. The van der Waals surface area contributed by atoms with Gasteiger partial charge in [-0.15, -0.1) is 0 Å². The van der Waals surface area contributed by atoms with Crippen LogP contribution in [0, 0.1) is 6.92 Å². The first kappa shape index (κ1) is 19.1. The van der Waals surface area contributed by atoms with Gasteiger partial charge in [-0.2, -0.15) is 0 Å². The molecule has 136 valence electrons. The van der Waals surface area contributed by atoms with E-state index in [1.54, 1.807) is 64.5 Å². The van der Waals surface area contributed by atoms with Crippen molar-refractivity contribution < 1.29 is 22.6 Å². The van der Waals surface area contributed by atoms with Crippen LogP contribution in [0.2, 0.25) is 0 Å². The van der Waals surface area contributed by atoms with Crippen LogP contribution in [-0.4, -0.2) is 35.3 Å². The summed E-state index contributed by atoms with van der Waals surface area (Å²) in [5, 5.41) is 0. The van der Waals surface area contributed by atoms with Gasteiger partial charge in [0.15, 0.2) is 0 Å². The second-order valence-corrected chi connectivity index (χ2v) is 7.35. The van der Waals surface area contributed by atoms with Gasteiger partial charge in [-0.05, 0) is 61.9 Å². The second kappa shape index (κ2) is 8.22. The molecule has 25 heavy (non-hydrogen) atoms. The number of nitrogens with one attached hydrogen (secondary N) is 1. The minimum Gasteiger partial charge on any atom is -0.497 e. The van der Waals surface area contributed by atoms with E-state index in [0.29, 0.717) is 11.5 Å². The van der Waals surface area contributed by atoms with E-state index in [4.69, 9.17) is 14.2 Å². The average molecular weight is 365 g/mol. The fourth-order valence-corrected chi connectivity index (χ4v) is 3.59. The Kier molecular flexibility index (Phi) is 6.27. The Morgan fingerprint density at radius 1 is 1.00 bits per heavy atom. The fourth-order valence-electron chi connectivity index (χ4n) is 2.28. The first-order valence-electron chi connectivity index (χ1n) is 7.79. The highest BCUT2D eigenvalue weighted by Crippen LogP contribution is 2.21. The Balaban J connectivity index is 1.98. The Morgan fingerprint density at radius 2 is 1.64 bits per heavy atom. The minimum absolute atomic E-state index is 0.196. The number of aryl methyl sites for hydroxylation is 1. The summed E-state index contributed by atoms with van der Waals surface area (Å²) in [7, 11) is -0.488. The average Bonchev–Trinajstić information content (AvgIpc) is 2.60. The third-order valence-corrected chi connectivity index (χ3v) is 5.18. The van der Waals surface area contributed by atoms with E-state index in [1.165, 1.54) is 6.07 Å². The van der Waals surface area contributed by atoms with Crippen molar-refractivity contribution in [1.82, 2.24) is 4.72 Å². The highest BCUT2D eigenvalue weighted by molar-refractivity contribution is 7.89. The van der Waals surface area contributed by atoms with Crippen LogP contribution in [0.3, 0.4) is 0 Å². The van der Waals surface area contributed by atoms with Crippen LogP contribution in [0.25, 0.3) is 0 Å². The van der Waals surface area contributed by atoms with Crippen molar-refractivity contribution >= 4 is 10.0 Å². The van der Waals surface area contributed by atoms with E-state index in [-0.39, 0.29) is 11.5 Å². The van der Waals surface area contributed by atoms with Crippen molar-refractivity contribution in [3.05, 3.63) is 48.0 Å². The molecule has 0 saturated heterocycles. The van der Waals surface area contributed by atoms with Crippen molar-refractivity contribution in [2.75, 3.05) is 20.8 Å². The highest BCUT2D eigenvalue weighted by atomic mass is 32.2. The molecular formula is C18H23NO5S. The van der Waals surface area contributed by atoms with Crippen LogP contribution in [0.15, 0.2) is 47.4 Å². The maximum absolute atomic E-state index is 12.5. The van der Waals surface area contributed by atoms with Crippen molar-refractivity contribution in [2.45, 2.75) is 24.8 Å². The van der Waals surface area contributed by atoms with Gasteiger partial charge in [0.25, 0.3) is 0 Å². The predicted molar refractivity (Wildman–Crippen MR) is 96.0 cm³/mol. The molecule has 2 aromatic carbocycles. The zero-order valence-corrected chi connectivity index (χ0v) is 15.6. The first-order chi connectivity index (χ1) is 11.9. The first-order valence-corrected chi connectivity index (χ1v) is 9.28. The van der Waals surface area contributed by atoms with E-state index in [9.17, 15) is 8.42 Å². The van der Waals surface area contributed by atoms with Crippen molar-refractivity contribution in [3.63, 3.8) is 0 Å². The normalized spacial score (nSPS) is 12.5. The van der Waals surface area contributed by atoms with E-state index in [0.717, 1.165) is 11.3 Å². The molecule has 0 unspecified atom stereocenters. The van der Waals surface area contributed by atoms with Crippen molar-refractivity contribution in [2.24, 2.45) is 0 Å². The summed E-state index contributed by atoms with van der Waals surface area (Å²) >= 11 is 0. The van der Waals surface area contributed by atoms with Crippen LogP contribution < -0.4 is 18.9 Å². The van der Waals surface area contributed by atoms with Crippen LogP contribution in [0.4, 0.5) is 0 Å². The lowest BCUT2D eigenvalue weighted by molar-refractivity contribution is 0.287. The molecule has 0 saturated carbocycles. The summed E-state index contributed by atoms with van der Waals surface area (Å²) in [5.74, 6) is 2.03. The molecule has 0 fully saturated rings. The van der Waals surface area contributed by atoms with E-state index < -0.39 is 16.1 Å². The van der Waals surface area contributed by atoms with Gasteiger partial charge in [-0.25, -0.2) is 13.1 Å². The van der Waals surface area contributed by atoms with Crippen molar-refractivity contribution in [1.29, 1.82) is 0 Å². The van der Waals surface area contributed by atoms with Crippen LogP contribution in [-0.2, 0) is 10.0 Å². The summed E-state index contributed by atoms with van der Waals surface area (Å²) in [6.07, 6.45) is 0. The Labute approximate surface area is 148 Å². The molecule has 0 amide bonds. The molecule has 0 aliphatic rings. The zero-order chi connectivity index (χ0) is 18.4. The summed E-state index contributed by atoms with van der Waals surface area (Å²) < 4.78 is 43.4. The topological polar surface area (TPSA) is 73.9 Å². The van der Waals surface area contributed by atoms with Crippen LogP contribution >= 0.6 is 0 Å². The molecule has 1 N–H and O–H groups in total. The number of methoxy groups -OCH3 is 2. The van der Waals surface area contributed by atoms with E-state index >= 15 is 0 Å². The van der Waals surface area contributed by atoms with Gasteiger partial charge in [0.05, 0.1) is 25.2 Å². The SMILES string of the molecule is COc1ccc(OC[C@H](C)NS(=O)(=O)c2ccc(OC)c(C)c2)cc1. The molecule has 2 aromatic rings. The smallest absolute Gasteiger partial charge is 0.240 e. The lowest BCUT2D eigenvalue weighted by Gasteiger charge is -2.16. The summed E-state index contributed by atoms with van der Waals surface area (Å²) in [6, 6.07) is 11.5. The Bertz CT molecular complexity index is 803. The number of rotatable bonds is 8. The summed E-state index contributed by atoms with van der Waals surface area (Å²) in [4.78, 5) is 0.196. The standard InChI is InChI=1S/C18H23NO5S/c1-13-11-17(9-10-18(13)23-4)25(20,21)19-14(2)12-24-16-7-5-15(22-3)6-8-16/h5-11,14,19H,12H2,1-4H3/t14-/m0/s1. The van der Waals surface area contributed by atoms with Gasteiger partial charge >= 0.3 is 0 Å². The lowest BCUT2D eigenvalue weighted by Crippen LogP contribution is -2.36. The predicted octanol–water partition coefficient (Wildman–Crippen LogP) is 2.76. The molecular weight excluding hydrogens is 342 g/mol. The van der Waals surface area contributed by atoms with Gasteiger partial charge in [0.2, 0.25) is 10.0 Å². The van der Waals surface area contributed by atoms with Crippen LogP contribution in [0.1, 0.15) is 12.5 Å². The number of hydrogen-bond acceptors (Lipinski definition) is 5. The molecule has 0 aliphatic heterocycles. The summed E-state index contributed by atoms with van der Waals surface area (Å²) in [5.41, 5.74) is 0.757. The Hall–Kier alpha value is -2.25. The molecule has 0 bridgehead atoms.